The summed E-state index contributed by atoms with van der Waals surface area (Å²) in [6.07, 6.45) is 7.54. The molecule has 0 spiro atoms. The Morgan fingerprint density at radius 2 is 1.87 bits per heavy atom. The molecule has 1 amide bonds. The van der Waals surface area contributed by atoms with E-state index in [2.05, 4.69) is 27.9 Å². The van der Waals surface area contributed by atoms with E-state index in [1.807, 2.05) is 48.6 Å². The van der Waals surface area contributed by atoms with Gasteiger partial charge in [-0.15, -0.1) is 0 Å². The highest BCUT2D eigenvalue weighted by atomic mass is 127. The van der Waals surface area contributed by atoms with E-state index >= 15 is 0 Å². The number of anilines is 1. The first-order valence-corrected chi connectivity index (χ1v) is 5.75. The molecule has 0 atom stereocenters. The molecular formula is C12H10INO. The van der Waals surface area contributed by atoms with Gasteiger partial charge in [0, 0.05) is 3.57 Å². The van der Waals surface area contributed by atoms with Crippen molar-refractivity contribution in [3.63, 3.8) is 0 Å². The van der Waals surface area contributed by atoms with Gasteiger partial charge in [-0.3, -0.25) is 4.79 Å². The summed E-state index contributed by atoms with van der Waals surface area (Å²) in [6, 6.07) is 7.74. The van der Waals surface area contributed by atoms with Crippen molar-refractivity contribution < 1.29 is 4.79 Å². The lowest BCUT2D eigenvalue weighted by molar-refractivity contribution is -0.117. The van der Waals surface area contributed by atoms with E-state index in [-0.39, 0.29) is 11.8 Å². The number of carbonyl (C=O) groups excluding carboxylic acids is 1. The Kier molecular flexibility index (Phi) is 3.20. The average molecular weight is 311 g/mol. The van der Waals surface area contributed by atoms with Crippen LogP contribution in [0.4, 0.5) is 5.69 Å². The van der Waals surface area contributed by atoms with E-state index in [1.54, 1.807) is 0 Å². The van der Waals surface area contributed by atoms with Crippen molar-refractivity contribution in [2.45, 2.75) is 0 Å². The van der Waals surface area contributed by atoms with Gasteiger partial charge in [-0.1, -0.05) is 36.4 Å². The van der Waals surface area contributed by atoms with Crippen molar-refractivity contribution in [2.24, 2.45) is 5.92 Å². The van der Waals surface area contributed by atoms with Crippen LogP contribution in [0.3, 0.4) is 0 Å². The lowest BCUT2D eigenvalue weighted by Gasteiger charge is -2.09. The topological polar surface area (TPSA) is 29.1 Å². The molecule has 0 bridgehead atoms. The first-order valence-electron chi connectivity index (χ1n) is 4.68. The monoisotopic (exact) mass is 311 g/mol. The highest BCUT2D eigenvalue weighted by Gasteiger charge is 2.14. The van der Waals surface area contributed by atoms with E-state index in [0.29, 0.717) is 0 Å². The van der Waals surface area contributed by atoms with Gasteiger partial charge in [-0.2, -0.15) is 0 Å². The fraction of sp³-hybridized carbons (Fsp3) is 0.0833. The molecule has 15 heavy (non-hydrogen) atoms. The first-order chi connectivity index (χ1) is 7.27. The van der Waals surface area contributed by atoms with Crippen LogP contribution in [0, 0.1) is 9.49 Å². The minimum absolute atomic E-state index is 0.0177. The first kappa shape index (κ1) is 10.4. The van der Waals surface area contributed by atoms with Gasteiger partial charge in [0.05, 0.1) is 11.6 Å². The average Bonchev–Trinajstić information content (AvgIpc) is 2.74. The summed E-state index contributed by atoms with van der Waals surface area (Å²) < 4.78 is 1.05. The molecule has 1 aromatic carbocycles. The lowest BCUT2D eigenvalue weighted by Crippen LogP contribution is -2.19. The maximum absolute atomic E-state index is 11.8. The fourth-order valence-corrected chi connectivity index (χ4v) is 1.91. The molecule has 0 saturated heterocycles. The number of benzene rings is 1. The maximum Gasteiger partial charge on any atom is 0.235 e. The maximum atomic E-state index is 11.8. The second-order valence-corrected chi connectivity index (χ2v) is 4.43. The number of hydrogen-bond donors (Lipinski definition) is 1. The van der Waals surface area contributed by atoms with Gasteiger partial charge in [0.15, 0.2) is 0 Å². The Morgan fingerprint density at radius 1 is 1.20 bits per heavy atom. The van der Waals surface area contributed by atoms with Crippen molar-refractivity contribution >= 4 is 34.2 Å². The quantitative estimate of drug-likeness (QED) is 0.836. The number of carbonyl (C=O) groups is 1. The van der Waals surface area contributed by atoms with Gasteiger partial charge < -0.3 is 5.32 Å². The zero-order chi connectivity index (χ0) is 10.7. The molecule has 1 aliphatic rings. The van der Waals surface area contributed by atoms with Crippen LogP contribution in [0.2, 0.25) is 0 Å². The zero-order valence-corrected chi connectivity index (χ0v) is 10.1. The summed E-state index contributed by atoms with van der Waals surface area (Å²) in [6.45, 7) is 0. The van der Waals surface area contributed by atoms with Crippen molar-refractivity contribution in [1.29, 1.82) is 0 Å². The normalized spacial score (nSPS) is 14.5. The number of halogens is 1. The van der Waals surface area contributed by atoms with E-state index < -0.39 is 0 Å². The van der Waals surface area contributed by atoms with Crippen LogP contribution in [0.25, 0.3) is 0 Å². The van der Waals surface area contributed by atoms with Gasteiger partial charge >= 0.3 is 0 Å². The third-order valence-corrected chi connectivity index (χ3v) is 3.12. The lowest BCUT2D eigenvalue weighted by atomic mass is 10.1. The molecule has 1 aromatic rings. The van der Waals surface area contributed by atoms with Crippen LogP contribution < -0.4 is 5.32 Å². The van der Waals surface area contributed by atoms with Crippen molar-refractivity contribution in [3.05, 3.63) is 52.1 Å². The summed E-state index contributed by atoms with van der Waals surface area (Å²) in [5.41, 5.74) is 0.872. The Morgan fingerprint density at radius 3 is 2.53 bits per heavy atom. The second kappa shape index (κ2) is 4.61. The number of para-hydroxylation sites is 1. The van der Waals surface area contributed by atoms with Crippen LogP contribution in [-0.2, 0) is 4.79 Å². The SMILES string of the molecule is O=C(Nc1ccccc1I)C1C=CC=C1. The molecule has 0 radical (unpaired) electrons. The molecule has 76 valence electrons. The van der Waals surface area contributed by atoms with Crippen LogP contribution in [-0.4, -0.2) is 5.91 Å². The van der Waals surface area contributed by atoms with Crippen LogP contribution >= 0.6 is 22.6 Å². The number of amides is 1. The molecule has 2 nitrogen and oxygen atoms in total. The van der Waals surface area contributed by atoms with Crippen LogP contribution in [0.1, 0.15) is 0 Å². The second-order valence-electron chi connectivity index (χ2n) is 3.26. The molecule has 0 aliphatic heterocycles. The van der Waals surface area contributed by atoms with Gasteiger partial charge in [0.25, 0.3) is 0 Å². The van der Waals surface area contributed by atoms with Gasteiger partial charge in [0.2, 0.25) is 5.91 Å². The smallest absolute Gasteiger partial charge is 0.235 e. The molecular weight excluding hydrogens is 301 g/mol. The summed E-state index contributed by atoms with van der Waals surface area (Å²) in [5, 5.41) is 2.90. The Bertz CT molecular complexity index is 425. The number of allylic oxidation sites excluding steroid dienone is 2. The highest BCUT2D eigenvalue weighted by Crippen LogP contribution is 2.19. The summed E-state index contributed by atoms with van der Waals surface area (Å²) >= 11 is 2.21. The molecule has 1 aliphatic carbocycles. The zero-order valence-electron chi connectivity index (χ0n) is 7.98. The molecule has 0 unspecified atom stereocenters. The molecule has 1 N–H and O–H groups in total. The fourth-order valence-electron chi connectivity index (χ4n) is 1.39. The number of rotatable bonds is 2. The third kappa shape index (κ3) is 2.47. The predicted molar refractivity (Wildman–Crippen MR) is 69.6 cm³/mol. The van der Waals surface area contributed by atoms with Gasteiger partial charge in [0.1, 0.15) is 0 Å². The Labute approximate surface area is 102 Å². The van der Waals surface area contributed by atoms with Crippen molar-refractivity contribution in [3.8, 4) is 0 Å². The van der Waals surface area contributed by atoms with E-state index in [0.717, 1.165) is 9.26 Å². The predicted octanol–water partition coefficient (Wildman–Crippen LogP) is 2.97. The number of nitrogens with one attached hydrogen (secondary N) is 1. The molecule has 0 heterocycles. The summed E-state index contributed by atoms with van der Waals surface area (Å²) in [5.74, 6) is -0.106. The van der Waals surface area contributed by atoms with E-state index in [1.165, 1.54) is 0 Å². The van der Waals surface area contributed by atoms with Gasteiger partial charge in [-0.25, -0.2) is 0 Å². The van der Waals surface area contributed by atoms with Crippen molar-refractivity contribution in [1.82, 2.24) is 0 Å². The Balaban J connectivity index is 2.09. The molecule has 0 aromatic heterocycles. The highest BCUT2D eigenvalue weighted by molar-refractivity contribution is 14.1. The molecule has 3 heteroatoms. The molecule has 0 saturated carbocycles. The minimum atomic E-state index is -0.124. The van der Waals surface area contributed by atoms with Crippen molar-refractivity contribution in [2.75, 3.05) is 5.32 Å². The molecule has 0 fully saturated rings. The number of hydrogen-bond acceptors (Lipinski definition) is 1. The van der Waals surface area contributed by atoms with Crippen LogP contribution in [0.15, 0.2) is 48.6 Å². The molecule has 2 rings (SSSR count). The van der Waals surface area contributed by atoms with Crippen LogP contribution in [0.5, 0.6) is 0 Å². The minimum Gasteiger partial charge on any atom is -0.324 e. The Hall–Kier alpha value is -1.10. The summed E-state index contributed by atoms with van der Waals surface area (Å²) in [4.78, 5) is 11.8. The van der Waals surface area contributed by atoms with Gasteiger partial charge in [-0.05, 0) is 34.7 Å². The summed E-state index contributed by atoms with van der Waals surface area (Å²) in [7, 11) is 0. The third-order valence-electron chi connectivity index (χ3n) is 2.18. The standard InChI is InChI=1S/C12H10INO/c13-10-7-3-4-8-11(10)14-12(15)9-5-1-2-6-9/h1-9H,(H,14,15). The van der Waals surface area contributed by atoms with E-state index in [9.17, 15) is 4.79 Å². The largest absolute Gasteiger partial charge is 0.324 e. The van der Waals surface area contributed by atoms with E-state index in [4.69, 9.17) is 0 Å².